The zero-order chi connectivity index (χ0) is 35.9. The van der Waals surface area contributed by atoms with Crippen LogP contribution in [0.4, 0.5) is 15.3 Å². The number of primary amides is 1. The Kier molecular flexibility index (Phi) is 15.1. The number of benzene rings is 1. The van der Waals surface area contributed by atoms with Crippen LogP contribution in [0.1, 0.15) is 57.9 Å². The fourth-order valence-corrected chi connectivity index (χ4v) is 5.12. The Morgan fingerprint density at radius 1 is 0.939 bits per heavy atom. The third-order valence-corrected chi connectivity index (χ3v) is 8.09. The highest BCUT2D eigenvalue weighted by Crippen LogP contribution is 2.31. The maximum Gasteiger partial charge on any atom is 0.409 e. The molecule has 49 heavy (non-hydrogen) atoms. The number of carbonyl (C=O) groups is 5. The van der Waals surface area contributed by atoms with Gasteiger partial charge in [0.25, 0.3) is 5.56 Å². The van der Waals surface area contributed by atoms with Crippen LogP contribution in [0, 0.1) is 5.92 Å². The van der Waals surface area contributed by atoms with E-state index in [4.69, 9.17) is 10.5 Å². The van der Waals surface area contributed by atoms with Gasteiger partial charge in [0.1, 0.15) is 18.7 Å². The molecule has 0 saturated heterocycles. The second kappa shape index (κ2) is 19.2. The number of amides is 6. The number of likely N-dealkylation sites (N-methyl/N-ethyl adjacent to an activating group) is 2. The van der Waals surface area contributed by atoms with E-state index in [0.29, 0.717) is 38.2 Å². The lowest BCUT2D eigenvalue weighted by Crippen LogP contribution is -2.54. The fourth-order valence-electron chi connectivity index (χ4n) is 5.12. The van der Waals surface area contributed by atoms with E-state index in [0.717, 1.165) is 29.7 Å². The molecule has 3 rings (SSSR count). The van der Waals surface area contributed by atoms with Crippen molar-refractivity contribution in [1.82, 2.24) is 30.7 Å². The van der Waals surface area contributed by atoms with Crippen molar-refractivity contribution in [3.05, 3.63) is 52.3 Å². The maximum atomic E-state index is 13.4. The van der Waals surface area contributed by atoms with Gasteiger partial charge in [-0.25, -0.2) is 9.59 Å². The number of hydrogen-bond acceptors (Lipinski definition) is 8. The number of nitrogens with two attached hydrogens (primary N) is 1. The van der Waals surface area contributed by atoms with Crippen molar-refractivity contribution in [2.45, 2.75) is 77.6 Å². The number of carbonyl (C=O) groups excluding carboxylic acids is 5. The number of ether oxygens (including phenoxy) is 1. The SMILES string of the molecule is CNCCN(C)C(=O)OCc1ccc(NC(=O)[C@H](CCCNC(N)=O)NC(=O)[C@@H](NC(=O)CCCCCn2c3cc-3cc2=O)C(C)C)cc1. The van der Waals surface area contributed by atoms with Crippen molar-refractivity contribution in [3.8, 4) is 11.3 Å². The Morgan fingerprint density at radius 2 is 1.67 bits per heavy atom. The summed E-state index contributed by atoms with van der Waals surface area (Å²) in [5, 5.41) is 13.8. The van der Waals surface area contributed by atoms with Crippen LogP contribution in [-0.4, -0.2) is 85.1 Å². The van der Waals surface area contributed by atoms with Gasteiger partial charge >= 0.3 is 12.1 Å². The Morgan fingerprint density at radius 3 is 2.31 bits per heavy atom. The molecule has 1 aromatic carbocycles. The van der Waals surface area contributed by atoms with Crippen molar-refractivity contribution in [2.24, 2.45) is 11.7 Å². The van der Waals surface area contributed by atoms with Gasteiger partial charge in [0.2, 0.25) is 17.7 Å². The number of urea groups is 1. The van der Waals surface area contributed by atoms with Crippen LogP contribution in [-0.2, 0) is 32.3 Å². The monoisotopic (exact) mass is 682 g/mol. The summed E-state index contributed by atoms with van der Waals surface area (Å²) in [6.45, 7) is 5.62. The van der Waals surface area contributed by atoms with Gasteiger partial charge < -0.3 is 46.5 Å². The normalized spacial score (nSPS) is 12.4. The van der Waals surface area contributed by atoms with Gasteiger partial charge in [-0.15, -0.1) is 0 Å². The molecule has 7 N–H and O–H groups in total. The molecule has 0 bridgehead atoms. The Bertz CT molecular complexity index is 1510. The second-order valence-corrected chi connectivity index (χ2v) is 12.5. The molecular weight excluding hydrogens is 632 g/mol. The van der Waals surface area contributed by atoms with Crippen LogP contribution in [0.2, 0.25) is 0 Å². The summed E-state index contributed by atoms with van der Waals surface area (Å²) < 4.78 is 7.07. The van der Waals surface area contributed by atoms with Crippen molar-refractivity contribution in [3.63, 3.8) is 0 Å². The van der Waals surface area contributed by atoms with Crippen LogP contribution in [0.5, 0.6) is 0 Å². The molecule has 1 heterocycles. The standard InChI is InChI=1S/C34H50N8O7/c1-22(2)30(40-28(43)10-6-5-7-17-42-27-19-24(27)20-29(42)44)32(46)39-26(9-8-15-37-33(35)47)31(45)38-25-13-11-23(12-14-25)21-49-34(48)41(4)18-16-36-3/h11-14,19-20,22,26,30,36H,5-10,15-18,21H2,1-4H3,(H,38,45)(H,39,46)(H,40,43)(H3,35,37,47)/t26-,30-/m0/s1. The van der Waals surface area contributed by atoms with E-state index in [1.165, 1.54) is 4.90 Å². The third kappa shape index (κ3) is 12.9. The fraction of sp³-hybridized carbons (Fsp3) is 0.529. The highest BCUT2D eigenvalue weighted by atomic mass is 16.6. The molecule has 0 aromatic heterocycles. The summed E-state index contributed by atoms with van der Waals surface area (Å²) in [5.74, 6) is -1.52. The molecule has 1 aliphatic heterocycles. The van der Waals surface area contributed by atoms with Crippen molar-refractivity contribution in [1.29, 1.82) is 0 Å². The molecule has 2 atom stereocenters. The molecule has 0 saturated carbocycles. The number of unbranched alkanes of at least 4 members (excludes halogenated alkanes) is 2. The summed E-state index contributed by atoms with van der Waals surface area (Å²) in [4.78, 5) is 76.1. The van der Waals surface area contributed by atoms with Crippen molar-refractivity contribution in [2.75, 3.05) is 39.0 Å². The molecule has 0 radical (unpaired) electrons. The van der Waals surface area contributed by atoms with E-state index in [-0.39, 0.29) is 43.4 Å². The molecule has 15 nitrogen and oxygen atoms in total. The molecule has 2 aliphatic rings. The highest BCUT2D eigenvalue weighted by Gasteiger charge is 2.29. The maximum absolute atomic E-state index is 13.4. The van der Waals surface area contributed by atoms with Crippen molar-refractivity contribution >= 4 is 35.5 Å². The van der Waals surface area contributed by atoms with Gasteiger partial charge in [-0.1, -0.05) is 32.4 Å². The first kappa shape index (κ1) is 38.5. The number of aromatic nitrogens is 1. The van der Waals surface area contributed by atoms with Crippen molar-refractivity contribution < 1.29 is 28.7 Å². The number of pyridine rings is 1. The lowest BCUT2D eigenvalue weighted by Gasteiger charge is -2.25. The molecule has 0 fully saturated rings. The van der Waals surface area contributed by atoms with E-state index in [2.05, 4.69) is 26.6 Å². The third-order valence-electron chi connectivity index (χ3n) is 8.09. The molecule has 268 valence electrons. The molecule has 1 aliphatic carbocycles. The van der Waals surface area contributed by atoms with E-state index >= 15 is 0 Å². The van der Waals surface area contributed by atoms with Crippen LogP contribution < -0.4 is 37.9 Å². The topological polar surface area (TPSA) is 206 Å². The average molecular weight is 683 g/mol. The predicted octanol–water partition coefficient (Wildman–Crippen LogP) is 1.89. The zero-order valence-corrected chi connectivity index (χ0v) is 28.8. The number of fused-ring (bicyclic) bond motifs is 1. The van der Waals surface area contributed by atoms with Gasteiger partial charge in [0, 0.05) is 57.0 Å². The molecule has 6 amide bonds. The predicted molar refractivity (Wildman–Crippen MR) is 185 cm³/mol. The summed E-state index contributed by atoms with van der Waals surface area (Å²) in [7, 11) is 3.45. The van der Waals surface area contributed by atoms with Gasteiger partial charge in [0.05, 0.1) is 5.69 Å². The first-order valence-electron chi connectivity index (χ1n) is 16.7. The first-order chi connectivity index (χ1) is 23.4. The lowest BCUT2D eigenvalue weighted by atomic mass is 10.0. The van der Waals surface area contributed by atoms with Gasteiger partial charge in [-0.05, 0) is 62.4 Å². The van der Waals surface area contributed by atoms with E-state index in [9.17, 15) is 28.8 Å². The summed E-state index contributed by atoms with van der Waals surface area (Å²) >= 11 is 0. The number of rotatable bonds is 21. The molecule has 0 spiro atoms. The van der Waals surface area contributed by atoms with Gasteiger partial charge in [-0.2, -0.15) is 0 Å². The van der Waals surface area contributed by atoms with Gasteiger partial charge in [0.15, 0.2) is 0 Å². The number of nitrogens with one attached hydrogen (secondary N) is 5. The van der Waals surface area contributed by atoms with E-state index in [1.54, 1.807) is 62.8 Å². The van der Waals surface area contributed by atoms with Crippen LogP contribution >= 0.6 is 0 Å². The van der Waals surface area contributed by atoms with Crippen LogP contribution in [0.15, 0.2) is 41.2 Å². The highest BCUT2D eigenvalue weighted by molar-refractivity contribution is 5.98. The molecule has 1 aromatic rings. The number of nitrogens with zero attached hydrogens (tertiary/aromatic N) is 2. The van der Waals surface area contributed by atoms with Crippen LogP contribution in [0.3, 0.4) is 0 Å². The quantitative estimate of drug-likeness (QED) is 0.0913. The second-order valence-electron chi connectivity index (χ2n) is 12.5. The Balaban J connectivity index is 1.52. The Hall–Kier alpha value is -4.92. The van der Waals surface area contributed by atoms with Gasteiger partial charge in [-0.3, -0.25) is 19.2 Å². The number of anilines is 1. The molecule has 15 heteroatoms. The van der Waals surface area contributed by atoms with Crippen LogP contribution in [0.25, 0.3) is 11.3 Å². The zero-order valence-electron chi connectivity index (χ0n) is 28.8. The largest absolute Gasteiger partial charge is 0.445 e. The smallest absolute Gasteiger partial charge is 0.409 e. The molecule has 0 unspecified atom stereocenters. The summed E-state index contributed by atoms with van der Waals surface area (Å²) in [5.41, 5.74) is 8.34. The first-order valence-corrected chi connectivity index (χ1v) is 16.7. The molecular formula is C34H50N8O7. The minimum absolute atomic E-state index is 0.00413. The number of hydrogen-bond donors (Lipinski definition) is 6. The average Bonchev–Trinajstić information content (AvgIpc) is 3.75. The van der Waals surface area contributed by atoms with E-state index < -0.39 is 36.0 Å². The lowest BCUT2D eigenvalue weighted by molar-refractivity contribution is -0.132. The van der Waals surface area contributed by atoms with E-state index in [1.807, 2.05) is 6.07 Å². The Labute approximate surface area is 286 Å². The minimum Gasteiger partial charge on any atom is -0.445 e. The summed E-state index contributed by atoms with van der Waals surface area (Å²) in [6, 6.07) is 7.80. The summed E-state index contributed by atoms with van der Waals surface area (Å²) in [6.07, 6.45) is 2.43. The minimum atomic E-state index is -0.973.